The van der Waals surface area contributed by atoms with Crippen LogP contribution in [0.5, 0.6) is 0 Å². The fraction of sp³-hybridized carbons (Fsp3) is 0.273. The Kier molecular flexibility index (Phi) is 2.50. The zero-order valence-corrected chi connectivity index (χ0v) is 7.66. The first-order valence-electron chi connectivity index (χ1n) is 4.58. The van der Waals surface area contributed by atoms with E-state index in [2.05, 4.69) is 0 Å². The molecule has 0 spiro atoms. The van der Waals surface area contributed by atoms with Crippen LogP contribution in [0.1, 0.15) is 12.0 Å². The number of hydrogen-bond donors (Lipinski definition) is 1. The van der Waals surface area contributed by atoms with Crippen molar-refractivity contribution < 1.29 is 13.9 Å². The van der Waals surface area contributed by atoms with Crippen LogP contribution in [0.2, 0.25) is 0 Å². The largest absolute Gasteiger partial charge is 0.464 e. The van der Waals surface area contributed by atoms with Crippen molar-refractivity contribution in [2.45, 2.75) is 12.8 Å². The van der Waals surface area contributed by atoms with E-state index >= 15 is 0 Å². The van der Waals surface area contributed by atoms with Gasteiger partial charge in [-0.1, -0.05) is 0 Å². The first kappa shape index (κ1) is 9.21. The van der Waals surface area contributed by atoms with Crippen molar-refractivity contribution in [1.29, 1.82) is 0 Å². The highest BCUT2D eigenvalue weighted by Crippen LogP contribution is 2.20. The highest BCUT2D eigenvalue weighted by Gasteiger charge is 2.05. The van der Waals surface area contributed by atoms with Gasteiger partial charge in [-0.05, 0) is 30.5 Å². The summed E-state index contributed by atoms with van der Waals surface area (Å²) in [5.74, 6) is -0.263. The second-order valence-electron chi connectivity index (χ2n) is 3.23. The van der Waals surface area contributed by atoms with E-state index in [0.29, 0.717) is 24.0 Å². The summed E-state index contributed by atoms with van der Waals surface area (Å²) in [5.41, 5.74) is 1.20. The Balaban J connectivity index is 2.38. The van der Waals surface area contributed by atoms with E-state index in [1.807, 2.05) is 0 Å². The highest BCUT2D eigenvalue weighted by molar-refractivity contribution is 5.77. The molecule has 0 bridgehead atoms. The molecule has 2 aromatic rings. The Hall–Kier alpha value is -1.35. The number of aryl methyl sites for hydroxylation is 1. The quantitative estimate of drug-likeness (QED) is 0.814. The van der Waals surface area contributed by atoms with Gasteiger partial charge in [-0.3, -0.25) is 0 Å². The fourth-order valence-electron chi connectivity index (χ4n) is 1.49. The van der Waals surface area contributed by atoms with Crippen molar-refractivity contribution >= 4 is 11.0 Å². The summed E-state index contributed by atoms with van der Waals surface area (Å²) < 4.78 is 18.4. The maximum Gasteiger partial charge on any atom is 0.136 e. The zero-order chi connectivity index (χ0) is 9.97. The molecule has 0 aliphatic rings. The third-order valence-corrected chi connectivity index (χ3v) is 2.23. The lowest BCUT2D eigenvalue weighted by atomic mass is 10.1. The lowest BCUT2D eigenvalue weighted by Crippen LogP contribution is -1.93. The van der Waals surface area contributed by atoms with Crippen LogP contribution < -0.4 is 0 Å². The normalized spacial score (nSPS) is 11.0. The first-order chi connectivity index (χ1) is 6.81. The van der Waals surface area contributed by atoms with Gasteiger partial charge in [0.15, 0.2) is 0 Å². The maximum atomic E-state index is 13.4. The third-order valence-electron chi connectivity index (χ3n) is 2.23. The average molecular weight is 194 g/mol. The van der Waals surface area contributed by atoms with E-state index in [0.717, 1.165) is 5.39 Å². The molecule has 3 heteroatoms. The van der Waals surface area contributed by atoms with Crippen LogP contribution in [0.15, 0.2) is 28.9 Å². The second kappa shape index (κ2) is 3.80. The van der Waals surface area contributed by atoms with Crippen molar-refractivity contribution in [3.63, 3.8) is 0 Å². The van der Waals surface area contributed by atoms with Crippen LogP contribution in [0.25, 0.3) is 11.0 Å². The molecular weight excluding hydrogens is 183 g/mol. The number of halogens is 1. The van der Waals surface area contributed by atoms with Crippen LogP contribution in [-0.2, 0) is 6.42 Å². The number of fused-ring (bicyclic) bond motifs is 1. The number of benzene rings is 1. The predicted molar refractivity (Wildman–Crippen MR) is 51.6 cm³/mol. The average Bonchev–Trinajstić information content (AvgIpc) is 2.61. The molecule has 0 fully saturated rings. The molecule has 1 aromatic heterocycles. The van der Waals surface area contributed by atoms with Gasteiger partial charge in [-0.25, -0.2) is 4.39 Å². The van der Waals surface area contributed by atoms with Gasteiger partial charge in [0, 0.05) is 18.1 Å². The molecule has 2 rings (SSSR count). The second-order valence-corrected chi connectivity index (χ2v) is 3.23. The molecule has 0 aliphatic heterocycles. The number of aliphatic hydroxyl groups excluding tert-OH is 1. The fourth-order valence-corrected chi connectivity index (χ4v) is 1.49. The van der Waals surface area contributed by atoms with Crippen LogP contribution in [0.4, 0.5) is 4.39 Å². The summed E-state index contributed by atoms with van der Waals surface area (Å²) in [7, 11) is 0. The maximum absolute atomic E-state index is 13.4. The van der Waals surface area contributed by atoms with Crippen molar-refractivity contribution in [3.8, 4) is 0 Å². The predicted octanol–water partition coefficient (Wildman–Crippen LogP) is 2.50. The minimum atomic E-state index is -0.263. The van der Waals surface area contributed by atoms with E-state index in [-0.39, 0.29) is 12.4 Å². The highest BCUT2D eigenvalue weighted by atomic mass is 19.1. The van der Waals surface area contributed by atoms with Crippen LogP contribution in [0, 0.1) is 5.82 Å². The van der Waals surface area contributed by atoms with E-state index in [9.17, 15) is 4.39 Å². The van der Waals surface area contributed by atoms with Gasteiger partial charge in [0.05, 0.1) is 6.26 Å². The van der Waals surface area contributed by atoms with Gasteiger partial charge < -0.3 is 9.52 Å². The Morgan fingerprint density at radius 1 is 1.36 bits per heavy atom. The van der Waals surface area contributed by atoms with Gasteiger partial charge in [0.2, 0.25) is 0 Å². The van der Waals surface area contributed by atoms with Crippen molar-refractivity contribution in [3.05, 3.63) is 35.8 Å². The van der Waals surface area contributed by atoms with Gasteiger partial charge in [-0.15, -0.1) is 0 Å². The molecule has 14 heavy (non-hydrogen) atoms. The summed E-state index contributed by atoms with van der Waals surface area (Å²) in [4.78, 5) is 0. The lowest BCUT2D eigenvalue weighted by Gasteiger charge is -2.01. The Morgan fingerprint density at radius 3 is 3.00 bits per heavy atom. The summed E-state index contributed by atoms with van der Waals surface area (Å²) in [5, 5.41) is 9.55. The minimum absolute atomic E-state index is 0.0862. The molecule has 0 atom stereocenters. The van der Waals surface area contributed by atoms with Gasteiger partial charge >= 0.3 is 0 Å². The standard InChI is InChI=1S/C11H11FO2/c12-10-7-11-9(3-5-14-11)6-8(10)2-1-4-13/h3,5-7,13H,1-2,4H2. The Morgan fingerprint density at radius 2 is 2.21 bits per heavy atom. The summed E-state index contributed by atoms with van der Waals surface area (Å²) in [6, 6.07) is 4.96. The monoisotopic (exact) mass is 194 g/mol. The molecule has 0 amide bonds. The van der Waals surface area contributed by atoms with Crippen LogP contribution in [0.3, 0.4) is 0 Å². The molecule has 1 heterocycles. The molecule has 0 saturated heterocycles. The molecule has 74 valence electrons. The molecule has 2 nitrogen and oxygen atoms in total. The van der Waals surface area contributed by atoms with E-state index < -0.39 is 0 Å². The van der Waals surface area contributed by atoms with E-state index in [1.54, 1.807) is 18.4 Å². The summed E-state index contributed by atoms with van der Waals surface area (Å²) in [6.07, 6.45) is 2.68. The van der Waals surface area contributed by atoms with Crippen LogP contribution >= 0.6 is 0 Å². The van der Waals surface area contributed by atoms with Gasteiger partial charge in [0.25, 0.3) is 0 Å². The number of rotatable bonds is 3. The van der Waals surface area contributed by atoms with Crippen LogP contribution in [-0.4, -0.2) is 11.7 Å². The van der Waals surface area contributed by atoms with Gasteiger partial charge in [0.1, 0.15) is 11.4 Å². The Bertz CT molecular complexity index is 434. The summed E-state index contributed by atoms with van der Waals surface area (Å²) in [6.45, 7) is 0.0862. The van der Waals surface area contributed by atoms with Gasteiger partial charge in [-0.2, -0.15) is 0 Å². The minimum Gasteiger partial charge on any atom is -0.464 e. The molecular formula is C11H11FO2. The smallest absolute Gasteiger partial charge is 0.136 e. The number of furan rings is 1. The zero-order valence-electron chi connectivity index (χ0n) is 7.66. The molecule has 0 unspecified atom stereocenters. The topological polar surface area (TPSA) is 33.4 Å². The Labute approximate surface area is 81.0 Å². The lowest BCUT2D eigenvalue weighted by molar-refractivity contribution is 0.288. The molecule has 0 saturated carbocycles. The van der Waals surface area contributed by atoms with Crippen molar-refractivity contribution in [2.75, 3.05) is 6.61 Å². The van der Waals surface area contributed by atoms with E-state index in [1.165, 1.54) is 6.07 Å². The van der Waals surface area contributed by atoms with Crippen molar-refractivity contribution in [1.82, 2.24) is 0 Å². The van der Waals surface area contributed by atoms with E-state index in [4.69, 9.17) is 9.52 Å². The number of hydrogen-bond acceptors (Lipinski definition) is 2. The summed E-state index contributed by atoms with van der Waals surface area (Å²) >= 11 is 0. The first-order valence-corrected chi connectivity index (χ1v) is 4.58. The number of aliphatic hydroxyl groups is 1. The third kappa shape index (κ3) is 1.63. The van der Waals surface area contributed by atoms with Crippen molar-refractivity contribution in [2.24, 2.45) is 0 Å². The molecule has 1 aromatic carbocycles. The molecule has 0 aliphatic carbocycles. The SMILES string of the molecule is OCCCc1cc2ccoc2cc1F. The molecule has 0 radical (unpaired) electrons. The molecule has 1 N–H and O–H groups in total.